The van der Waals surface area contributed by atoms with E-state index in [1.165, 1.54) is 30.0 Å². The molecule has 28 heavy (non-hydrogen) atoms. The third kappa shape index (κ3) is 5.51. The van der Waals surface area contributed by atoms with Gasteiger partial charge in [0, 0.05) is 15.4 Å². The molecule has 144 valence electrons. The number of halogens is 1. The molecule has 5 nitrogen and oxygen atoms in total. The number of hydrogen-bond donors (Lipinski definition) is 2. The van der Waals surface area contributed by atoms with E-state index in [2.05, 4.69) is 10.0 Å². The molecule has 0 aliphatic heterocycles. The van der Waals surface area contributed by atoms with Gasteiger partial charge in [0.25, 0.3) is 5.91 Å². The van der Waals surface area contributed by atoms with Gasteiger partial charge in [0.15, 0.2) is 0 Å². The van der Waals surface area contributed by atoms with Gasteiger partial charge in [-0.15, -0.1) is 0 Å². The second-order valence-electron chi connectivity index (χ2n) is 5.93. The highest BCUT2D eigenvalue weighted by atomic mass is 35.5. The Hall–Kier alpha value is -2.48. The molecule has 0 aromatic heterocycles. The van der Waals surface area contributed by atoms with Crippen LogP contribution in [0.5, 0.6) is 0 Å². The summed E-state index contributed by atoms with van der Waals surface area (Å²) in [5.74, 6) is -0.366. The number of amides is 1. The van der Waals surface area contributed by atoms with E-state index >= 15 is 0 Å². The molecule has 3 aromatic rings. The molecule has 0 radical (unpaired) electrons. The van der Waals surface area contributed by atoms with E-state index < -0.39 is 10.0 Å². The van der Waals surface area contributed by atoms with E-state index in [1.54, 1.807) is 0 Å². The Morgan fingerprint density at radius 3 is 2.32 bits per heavy atom. The van der Waals surface area contributed by atoms with Crippen molar-refractivity contribution >= 4 is 50.7 Å². The number of para-hydroxylation sites is 1. The molecule has 0 unspecified atom stereocenters. The smallest absolute Gasteiger partial charge is 0.255 e. The summed E-state index contributed by atoms with van der Waals surface area (Å²) in [4.78, 5) is 14.7. The minimum atomic E-state index is -3.51. The van der Waals surface area contributed by atoms with Crippen LogP contribution in [0.4, 0.5) is 11.4 Å². The molecule has 3 aromatic carbocycles. The molecule has 3 rings (SSSR count). The summed E-state index contributed by atoms with van der Waals surface area (Å²) in [6.07, 6.45) is 1.02. The van der Waals surface area contributed by atoms with Gasteiger partial charge in [-0.1, -0.05) is 53.7 Å². The molecule has 2 N–H and O–H groups in total. The Kier molecular flexibility index (Phi) is 6.28. The Morgan fingerprint density at radius 2 is 1.61 bits per heavy atom. The van der Waals surface area contributed by atoms with Gasteiger partial charge in [0.1, 0.15) is 0 Å². The largest absolute Gasteiger partial charge is 0.321 e. The fraction of sp³-hybridized carbons (Fsp3) is 0.0500. The van der Waals surface area contributed by atoms with Crippen molar-refractivity contribution in [1.29, 1.82) is 0 Å². The minimum absolute atomic E-state index is 0.156. The topological polar surface area (TPSA) is 75.3 Å². The van der Waals surface area contributed by atoms with Gasteiger partial charge in [-0.05, 0) is 42.5 Å². The highest BCUT2D eigenvalue weighted by Crippen LogP contribution is 2.33. The third-order valence-corrected chi connectivity index (χ3v) is 5.63. The maximum Gasteiger partial charge on any atom is 0.255 e. The number of anilines is 2. The normalized spacial score (nSPS) is 11.1. The van der Waals surface area contributed by atoms with E-state index in [0.29, 0.717) is 5.69 Å². The fourth-order valence-corrected chi connectivity index (χ4v) is 4.13. The number of benzene rings is 3. The van der Waals surface area contributed by atoms with Crippen LogP contribution >= 0.6 is 23.4 Å². The summed E-state index contributed by atoms with van der Waals surface area (Å²) >= 11 is 7.56. The molecule has 0 saturated carbocycles. The molecule has 0 fully saturated rings. The van der Waals surface area contributed by atoms with Gasteiger partial charge in [-0.2, -0.15) is 0 Å². The Balaban J connectivity index is 1.83. The van der Waals surface area contributed by atoms with Crippen LogP contribution in [0.1, 0.15) is 10.4 Å². The quantitative estimate of drug-likeness (QED) is 0.567. The van der Waals surface area contributed by atoms with Crippen molar-refractivity contribution in [2.24, 2.45) is 0 Å². The lowest BCUT2D eigenvalue weighted by Crippen LogP contribution is -2.14. The summed E-state index contributed by atoms with van der Waals surface area (Å²) < 4.78 is 25.2. The van der Waals surface area contributed by atoms with Crippen molar-refractivity contribution < 1.29 is 13.2 Å². The minimum Gasteiger partial charge on any atom is -0.321 e. The second-order valence-corrected chi connectivity index (χ2v) is 9.21. The lowest BCUT2D eigenvalue weighted by atomic mass is 10.2. The molecular formula is C20H17ClN2O3S2. The van der Waals surface area contributed by atoms with Crippen LogP contribution in [0.3, 0.4) is 0 Å². The number of nitrogens with one attached hydrogen (secondary N) is 2. The van der Waals surface area contributed by atoms with E-state index in [9.17, 15) is 13.2 Å². The molecule has 1 amide bonds. The SMILES string of the molecule is CS(=O)(=O)Nc1cc(C(=O)Nc2ccccc2Sc2ccccc2)ccc1Cl. The fourth-order valence-electron chi connectivity index (χ4n) is 2.41. The summed E-state index contributed by atoms with van der Waals surface area (Å²) in [7, 11) is -3.51. The highest BCUT2D eigenvalue weighted by molar-refractivity contribution is 7.99. The lowest BCUT2D eigenvalue weighted by molar-refractivity contribution is 0.102. The average Bonchev–Trinajstić information content (AvgIpc) is 2.65. The zero-order chi connectivity index (χ0) is 20.1. The van der Waals surface area contributed by atoms with Crippen molar-refractivity contribution in [3.05, 3.63) is 83.4 Å². The number of hydrogen-bond acceptors (Lipinski definition) is 4. The predicted molar refractivity (Wildman–Crippen MR) is 115 cm³/mol. The van der Waals surface area contributed by atoms with Crippen molar-refractivity contribution in [1.82, 2.24) is 0 Å². The molecule has 0 heterocycles. The summed E-state index contributed by atoms with van der Waals surface area (Å²) in [5.41, 5.74) is 1.10. The van der Waals surface area contributed by atoms with Crippen molar-refractivity contribution in [2.75, 3.05) is 16.3 Å². The van der Waals surface area contributed by atoms with E-state index in [0.717, 1.165) is 16.0 Å². The summed E-state index contributed by atoms with van der Waals surface area (Å²) in [5, 5.41) is 3.09. The summed E-state index contributed by atoms with van der Waals surface area (Å²) in [6, 6.07) is 21.7. The van der Waals surface area contributed by atoms with Crippen molar-refractivity contribution in [2.45, 2.75) is 9.79 Å². The number of sulfonamides is 1. The molecule has 0 saturated heterocycles. The van der Waals surface area contributed by atoms with E-state index in [1.807, 2.05) is 54.6 Å². The van der Waals surface area contributed by atoms with Crippen LogP contribution in [-0.4, -0.2) is 20.6 Å². The molecular weight excluding hydrogens is 416 g/mol. The van der Waals surface area contributed by atoms with Gasteiger partial charge in [-0.3, -0.25) is 9.52 Å². The van der Waals surface area contributed by atoms with Crippen LogP contribution in [0, 0.1) is 0 Å². The maximum atomic E-state index is 12.7. The zero-order valence-corrected chi connectivity index (χ0v) is 17.2. The molecule has 8 heteroatoms. The average molecular weight is 433 g/mol. The van der Waals surface area contributed by atoms with Gasteiger partial charge >= 0.3 is 0 Å². The van der Waals surface area contributed by atoms with Gasteiger partial charge in [0.2, 0.25) is 10.0 Å². The standard InChI is InChI=1S/C20H17ClN2O3S2/c1-28(25,26)23-18-13-14(11-12-16(18)21)20(24)22-17-9-5-6-10-19(17)27-15-7-3-2-4-8-15/h2-13,23H,1H3,(H,22,24). The predicted octanol–water partition coefficient (Wildman–Crippen LogP) is 5.12. The Morgan fingerprint density at radius 1 is 0.929 bits per heavy atom. The number of rotatable bonds is 6. The molecule has 0 bridgehead atoms. The summed E-state index contributed by atoms with van der Waals surface area (Å²) in [6.45, 7) is 0. The Labute approximate surface area is 173 Å². The highest BCUT2D eigenvalue weighted by Gasteiger charge is 2.13. The van der Waals surface area contributed by atoms with Gasteiger partial charge in [0.05, 0.1) is 22.7 Å². The molecule has 0 atom stereocenters. The van der Waals surface area contributed by atoms with E-state index in [-0.39, 0.29) is 22.2 Å². The number of carbonyl (C=O) groups is 1. The first kappa shape index (κ1) is 20.3. The van der Waals surface area contributed by atoms with Gasteiger partial charge < -0.3 is 5.32 Å². The van der Waals surface area contributed by atoms with Crippen LogP contribution in [-0.2, 0) is 10.0 Å². The van der Waals surface area contributed by atoms with Crippen LogP contribution in [0.15, 0.2) is 82.6 Å². The van der Waals surface area contributed by atoms with Crippen molar-refractivity contribution in [3.63, 3.8) is 0 Å². The first-order chi connectivity index (χ1) is 13.3. The van der Waals surface area contributed by atoms with E-state index in [4.69, 9.17) is 11.6 Å². The molecule has 0 aliphatic carbocycles. The second kappa shape index (κ2) is 8.68. The molecule has 0 aliphatic rings. The Bertz CT molecular complexity index is 1100. The monoisotopic (exact) mass is 432 g/mol. The van der Waals surface area contributed by atoms with Crippen molar-refractivity contribution in [3.8, 4) is 0 Å². The van der Waals surface area contributed by atoms with Crippen LogP contribution in [0.25, 0.3) is 0 Å². The first-order valence-electron chi connectivity index (χ1n) is 8.22. The first-order valence-corrected chi connectivity index (χ1v) is 11.3. The van der Waals surface area contributed by atoms with Crippen LogP contribution in [0.2, 0.25) is 5.02 Å². The lowest BCUT2D eigenvalue weighted by Gasteiger charge is -2.12. The number of carbonyl (C=O) groups excluding carboxylic acids is 1. The maximum absolute atomic E-state index is 12.7. The zero-order valence-electron chi connectivity index (χ0n) is 14.8. The third-order valence-electron chi connectivity index (χ3n) is 3.63. The molecule has 0 spiro atoms. The van der Waals surface area contributed by atoms with Gasteiger partial charge in [-0.25, -0.2) is 8.42 Å². The van der Waals surface area contributed by atoms with Crippen LogP contribution < -0.4 is 10.0 Å².